The molecular formula is C22H41NO3. The first-order valence-corrected chi connectivity index (χ1v) is 10.5. The SMILES string of the molecule is CC1(C)CC(O)CC(C)(C)N1C[C@H](O)CO[C@@H]1C[C@H]2CC[C@@]1(C)C2(C)C. The molecule has 3 fully saturated rings. The van der Waals surface area contributed by atoms with Gasteiger partial charge >= 0.3 is 0 Å². The highest BCUT2D eigenvalue weighted by Crippen LogP contribution is 2.66. The minimum atomic E-state index is -0.491. The maximum Gasteiger partial charge on any atom is 0.0900 e. The Morgan fingerprint density at radius 1 is 1.04 bits per heavy atom. The fourth-order valence-electron chi connectivity index (χ4n) is 6.63. The monoisotopic (exact) mass is 367 g/mol. The van der Waals surface area contributed by atoms with Crippen molar-refractivity contribution < 1.29 is 14.9 Å². The van der Waals surface area contributed by atoms with Gasteiger partial charge in [-0.1, -0.05) is 20.8 Å². The Bertz CT molecular complexity index is 511. The second-order valence-corrected chi connectivity index (χ2v) is 11.4. The lowest BCUT2D eigenvalue weighted by molar-refractivity contribution is -0.119. The minimum Gasteiger partial charge on any atom is -0.393 e. The smallest absolute Gasteiger partial charge is 0.0900 e. The molecule has 0 radical (unpaired) electrons. The zero-order valence-corrected chi connectivity index (χ0v) is 18.0. The molecule has 1 saturated heterocycles. The number of nitrogens with zero attached hydrogens (tertiary/aromatic N) is 1. The molecule has 0 aromatic rings. The summed E-state index contributed by atoms with van der Waals surface area (Å²) in [6.45, 7) is 16.9. The predicted octanol–water partition coefficient (Wildman–Crippen LogP) is 3.59. The van der Waals surface area contributed by atoms with E-state index in [1.54, 1.807) is 0 Å². The van der Waals surface area contributed by atoms with E-state index in [1.165, 1.54) is 12.8 Å². The Morgan fingerprint density at radius 3 is 2.08 bits per heavy atom. The van der Waals surface area contributed by atoms with Gasteiger partial charge in [-0.05, 0) is 76.5 Å². The predicted molar refractivity (Wildman–Crippen MR) is 105 cm³/mol. The van der Waals surface area contributed by atoms with Gasteiger partial charge in [0.2, 0.25) is 0 Å². The summed E-state index contributed by atoms with van der Waals surface area (Å²) in [7, 11) is 0. The van der Waals surface area contributed by atoms with Crippen LogP contribution in [0.1, 0.15) is 80.6 Å². The molecule has 2 aliphatic carbocycles. The minimum absolute atomic E-state index is 0.122. The Kier molecular flexibility index (Phi) is 5.09. The quantitative estimate of drug-likeness (QED) is 0.780. The summed E-state index contributed by atoms with van der Waals surface area (Å²) in [4.78, 5) is 2.37. The molecule has 0 unspecified atom stereocenters. The van der Waals surface area contributed by atoms with Crippen LogP contribution in [0.15, 0.2) is 0 Å². The zero-order valence-electron chi connectivity index (χ0n) is 18.0. The van der Waals surface area contributed by atoms with E-state index in [0.29, 0.717) is 18.6 Å². The number of β-amino-alcohol motifs (C(OH)–C–C–N with tert-alkyl or cyclic N) is 1. The van der Waals surface area contributed by atoms with Crippen molar-refractivity contribution in [1.82, 2.24) is 4.90 Å². The van der Waals surface area contributed by atoms with E-state index in [9.17, 15) is 10.2 Å². The van der Waals surface area contributed by atoms with Crippen molar-refractivity contribution in [2.75, 3.05) is 13.2 Å². The second kappa shape index (κ2) is 6.43. The normalized spacial score (nSPS) is 40.0. The summed E-state index contributed by atoms with van der Waals surface area (Å²) in [5, 5.41) is 21.0. The third-order valence-corrected chi connectivity index (χ3v) is 8.53. The summed E-state index contributed by atoms with van der Waals surface area (Å²) in [5.41, 5.74) is 0.339. The van der Waals surface area contributed by atoms with Crippen LogP contribution < -0.4 is 0 Å². The van der Waals surface area contributed by atoms with Gasteiger partial charge < -0.3 is 14.9 Å². The van der Waals surface area contributed by atoms with Crippen LogP contribution >= 0.6 is 0 Å². The van der Waals surface area contributed by atoms with Gasteiger partial charge in [0.05, 0.1) is 24.9 Å². The van der Waals surface area contributed by atoms with Crippen molar-refractivity contribution >= 4 is 0 Å². The molecule has 26 heavy (non-hydrogen) atoms. The molecule has 152 valence electrons. The first-order chi connectivity index (χ1) is 11.8. The maximum absolute atomic E-state index is 10.7. The van der Waals surface area contributed by atoms with Crippen LogP contribution in [0.2, 0.25) is 0 Å². The van der Waals surface area contributed by atoms with Crippen LogP contribution in [0, 0.1) is 16.7 Å². The highest BCUT2D eigenvalue weighted by molar-refractivity contribution is 5.11. The molecule has 4 atom stereocenters. The highest BCUT2D eigenvalue weighted by atomic mass is 16.5. The summed E-state index contributed by atoms with van der Waals surface area (Å²) in [6, 6.07) is 0. The standard InChI is InChI=1S/C22H41NO3/c1-19(2)11-16(24)12-20(3,4)23(19)13-17(25)14-26-18-10-15-8-9-22(18,7)21(15,5)6/h15-18,24-25H,8-14H2,1-7H3/t15-,17+,18-,22-/m1/s1. The summed E-state index contributed by atoms with van der Waals surface area (Å²) in [6.07, 6.45) is 4.73. The van der Waals surface area contributed by atoms with Gasteiger partial charge in [0.1, 0.15) is 0 Å². The van der Waals surface area contributed by atoms with Crippen LogP contribution in [0.25, 0.3) is 0 Å². The average Bonchev–Trinajstić information content (AvgIpc) is 2.80. The molecule has 3 aliphatic rings. The van der Waals surface area contributed by atoms with Gasteiger partial charge in [-0.2, -0.15) is 0 Å². The van der Waals surface area contributed by atoms with Gasteiger partial charge in [-0.15, -0.1) is 0 Å². The number of piperidine rings is 1. The largest absolute Gasteiger partial charge is 0.393 e. The number of hydrogen-bond donors (Lipinski definition) is 2. The maximum atomic E-state index is 10.7. The Balaban J connectivity index is 1.59. The molecule has 2 saturated carbocycles. The second-order valence-electron chi connectivity index (χ2n) is 11.4. The topological polar surface area (TPSA) is 52.9 Å². The van der Waals surface area contributed by atoms with E-state index in [-0.39, 0.29) is 28.7 Å². The van der Waals surface area contributed by atoms with Crippen LogP contribution in [0.3, 0.4) is 0 Å². The molecule has 4 nitrogen and oxygen atoms in total. The zero-order chi connectivity index (χ0) is 19.5. The van der Waals surface area contributed by atoms with E-state index in [1.807, 2.05) is 0 Å². The van der Waals surface area contributed by atoms with Gasteiger partial charge in [-0.3, -0.25) is 4.90 Å². The molecule has 0 amide bonds. The van der Waals surface area contributed by atoms with Crippen LogP contribution in [0.4, 0.5) is 0 Å². The van der Waals surface area contributed by atoms with E-state index >= 15 is 0 Å². The van der Waals surface area contributed by atoms with Gasteiger partial charge in [-0.25, -0.2) is 0 Å². The summed E-state index contributed by atoms with van der Waals surface area (Å²) < 4.78 is 6.31. The number of aliphatic hydroxyl groups excluding tert-OH is 2. The fraction of sp³-hybridized carbons (Fsp3) is 1.00. The molecular weight excluding hydrogens is 326 g/mol. The van der Waals surface area contributed by atoms with Crippen molar-refractivity contribution in [3.05, 3.63) is 0 Å². The fourth-order valence-corrected chi connectivity index (χ4v) is 6.63. The number of ether oxygens (including phenoxy) is 1. The lowest BCUT2D eigenvalue weighted by atomic mass is 9.70. The number of aliphatic hydroxyl groups is 2. The van der Waals surface area contributed by atoms with Crippen molar-refractivity contribution in [3.63, 3.8) is 0 Å². The highest BCUT2D eigenvalue weighted by Gasteiger charge is 2.61. The van der Waals surface area contributed by atoms with Crippen LogP contribution in [-0.2, 0) is 4.74 Å². The molecule has 0 aromatic carbocycles. The van der Waals surface area contributed by atoms with Crippen molar-refractivity contribution in [1.29, 1.82) is 0 Å². The van der Waals surface area contributed by atoms with Crippen molar-refractivity contribution in [2.45, 2.75) is 110 Å². The molecule has 4 heteroatoms. The van der Waals surface area contributed by atoms with E-state index in [4.69, 9.17) is 4.74 Å². The number of likely N-dealkylation sites (tertiary alicyclic amines) is 1. The summed E-state index contributed by atoms with van der Waals surface area (Å²) in [5.74, 6) is 0.760. The molecule has 0 spiro atoms. The average molecular weight is 368 g/mol. The molecule has 3 rings (SSSR count). The van der Waals surface area contributed by atoms with Gasteiger partial charge in [0, 0.05) is 17.6 Å². The van der Waals surface area contributed by atoms with E-state index in [2.05, 4.69) is 53.4 Å². The van der Waals surface area contributed by atoms with Crippen LogP contribution in [-0.4, -0.2) is 57.7 Å². The number of hydrogen-bond acceptors (Lipinski definition) is 4. The molecule has 1 aliphatic heterocycles. The van der Waals surface area contributed by atoms with E-state index < -0.39 is 6.10 Å². The van der Waals surface area contributed by atoms with Crippen molar-refractivity contribution in [3.8, 4) is 0 Å². The Hall–Kier alpha value is -0.160. The third kappa shape index (κ3) is 3.25. The van der Waals surface area contributed by atoms with Crippen molar-refractivity contribution in [2.24, 2.45) is 16.7 Å². The molecule has 2 bridgehead atoms. The Morgan fingerprint density at radius 2 is 1.62 bits per heavy atom. The summed E-state index contributed by atoms with van der Waals surface area (Å²) >= 11 is 0. The van der Waals surface area contributed by atoms with Crippen LogP contribution in [0.5, 0.6) is 0 Å². The van der Waals surface area contributed by atoms with E-state index in [0.717, 1.165) is 25.2 Å². The lowest BCUT2D eigenvalue weighted by Gasteiger charge is -2.55. The molecule has 1 heterocycles. The molecule has 2 N–H and O–H groups in total. The number of fused-ring (bicyclic) bond motifs is 2. The lowest BCUT2D eigenvalue weighted by Crippen LogP contribution is -2.63. The molecule has 0 aromatic heterocycles. The Labute approximate surface area is 160 Å². The number of rotatable bonds is 5. The first-order valence-electron chi connectivity index (χ1n) is 10.5. The first kappa shape index (κ1) is 20.6. The van der Waals surface area contributed by atoms with Gasteiger partial charge in [0.15, 0.2) is 0 Å². The van der Waals surface area contributed by atoms with Gasteiger partial charge in [0.25, 0.3) is 0 Å². The third-order valence-electron chi connectivity index (χ3n) is 8.53.